The van der Waals surface area contributed by atoms with Gasteiger partial charge in [-0.25, -0.2) is 0 Å². The lowest BCUT2D eigenvalue weighted by atomic mass is 10.0. The smallest absolute Gasteiger partial charge is 0.119 e. The number of aliphatic hydroxyl groups is 1. The first-order chi connectivity index (χ1) is 8.79. The Kier molecular flexibility index (Phi) is 5.02. The molecule has 1 saturated heterocycles. The molecule has 1 unspecified atom stereocenters. The molecule has 1 aromatic carbocycles. The second kappa shape index (κ2) is 6.76. The van der Waals surface area contributed by atoms with Gasteiger partial charge in [-0.3, -0.25) is 0 Å². The zero-order valence-electron chi connectivity index (χ0n) is 11.1. The van der Waals surface area contributed by atoms with Crippen LogP contribution in [0, 0.1) is 0 Å². The van der Waals surface area contributed by atoms with Gasteiger partial charge in [-0.15, -0.1) is 0 Å². The van der Waals surface area contributed by atoms with E-state index in [1.54, 1.807) is 0 Å². The van der Waals surface area contributed by atoms with Gasteiger partial charge in [0, 0.05) is 6.04 Å². The molecule has 2 rings (SSSR count). The molecule has 0 bridgehead atoms. The molecule has 18 heavy (non-hydrogen) atoms. The van der Waals surface area contributed by atoms with Gasteiger partial charge in [-0.2, -0.15) is 0 Å². The molecular weight excluding hydrogens is 226 g/mol. The highest BCUT2D eigenvalue weighted by Crippen LogP contribution is 2.18. The lowest BCUT2D eigenvalue weighted by Gasteiger charge is -2.32. The van der Waals surface area contributed by atoms with Crippen LogP contribution in [0.25, 0.3) is 0 Å². The van der Waals surface area contributed by atoms with E-state index >= 15 is 0 Å². The maximum Gasteiger partial charge on any atom is 0.119 e. The fraction of sp³-hybridized carbons (Fsp3) is 0.600. The van der Waals surface area contributed by atoms with E-state index in [-0.39, 0.29) is 6.61 Å². The van der Waals surface area contributed by atoms with Gasteiger partial charge in [0.1, 0.15) is 5.75 Å². The van der Waals surface area contributed by atoms with Crippen molar-refractivity contribution in [2.45, 2.75) is 38.3 Å². The first kappa shape index (κ1) is 13.4. The summed E-state index contributed by atoms with van der Waals surface area (Å²) in [6, 6.07) is 8.34. The molecule has 1 atom stereocenters. The number of likely N-dealkylation sites (tertiary alicyclic amines) is 1. The van der Waals surface area contributed by atoms with Crippen molar-refractivity contribution >= 4 is 0 Å². The molecule has 0 aliphatic carbocycles. The van der Waals surface area contributed by atoms with Crippen molar-refractivity contribution in [3.05, 3.63) is 29.8 Å². The summed E-state index contributed by atoms with van der Waals surface area (Å²) >= 11 is 0. The van der Waals surface area contributed by atoms with Gasteiger partial charge in [-0.1, -0.05) is 18.6 Å². The summed E-state index contributed by atoms with van der Waals surface area (Å²) in [5, 5.41) is 8.96. The number of ether oxygens (including phenoxy) is 1. The quantitative estimate of drug-likeness (QED) is 0.870. The van der Waals surface area contributed by atoms with E-state index in [0.717, 1.165) is 24.3 Å². The van der Waals surface area contributed by atoms with E-state index in [9.17, 15) is 0 Å². The number of benzene rings is 1. The number of hydrogen-bond donors (Lipinski definition) is 1. The molecule has 0 amide bonds. The Hall–Kier alpha value is -1.06. The van der Waals surface area contributed by atoms with E-state index in [4.69, 9.17) is 9.84 Å². The summed E-state index contributed by atoms with van der Waals surface area (Å²) in [4.78, 5) is 2.45. The Morgan fingerprint density at radius 1 is 1.28 bits per heavy atom. The van der Waals surface area contributed by atoms with E-state index in [2.05, 4.69) is 11.9 Å². The van der Waals surface area contributed by atoms with Crippen LogP contribution in [-0.4, -0.2) is 36.2 Å². The second-order valence-corrected chi connectivity index (χ2v) is 5.07. The Bertz CT molecular complexity index is 350. The second-order valence-electron chi connectivity index (χ2n) is 5.07. The number of aliphatic hydroxyl groups excluding tert-OH is 1. The summed E-state index contributed by atoms with van der Waals surface area (Å²) in [6.07, 6.45) is 5.07. The first-order valence-electron chi connectivity index (χ1n) is 6.82. The van der Waals surface area contributed by atoms with Crippen molar-refractivity contribution in [3.63, 3.8) is 0 Å². The van der Waals surface area contributed by atoms with Gasteiger partial charge < -0.3 is 14.7 Å². The van der Waals surface area contributed by atoms with Gasteiger partial charge in [0.15, 0.2) is 0 Å². The monoisotopic (exact) mass is 249 g/mol. The predicted octanol–water partition coefficient (Wildman–Crippen LogP) is 2.43. The van der Waals surface area contributed by atoms with Crippen molar-refractivity contribution < 1.29 is 9.84 Å². The largest absolute Gasteiger partial charge is 0.494 e. The Morgan fingerprint density at radius 3 is 2.72 bits per heavy atom. The third-order valence-electron chi connectivity index (χ3n) is 3.75. The molecule has 0 saturated carbocycles. The highest BCUT2D eigenvalue weighted by molar-refractivity contribution is 5.26. The minimum atomic E-state index is 0.0904. The van der Waals surface area contributed by atoms with Gasteiger partial charge >= 0.3 is 0 Å². The van der Waals surface area contributed by atoms with Gasteiger partial charge in [0.05, 0.1) is 13.2 Å². The van der Waals surface area contributed by atoms with Crippen molar-refractivity contribution in [2.24, 2.45) is 0 Å². The minimum Gasteiger partial charge on any atom is -0.494 e. The van der Waals surface area contributed by atoms with Crippen LogP contribution in [0.5, 0.6) is 5.75 Å². The van der Waals surface area contributed by atoms with Crippen LogP contribution < -0.4 is 4.74 Å². The molecule has 1 N–H and O–H groups in total. The normalized spacial score (nSPS) is 20.9. The van der Waals surface area contributed by atoms with E-state index < -0.39 is 0 Å². The van der Waals surface area contributed by atoms with Crippen LogP contribution in [0.2, 0.25) is 0 Å². The zero-order valence-corrected chi connectivity index (χ0v) is 11.1. The van der Waals surface area contributed by atoms with Crippen LogP contribution in [0.1, 0.15) is 31.2 Å². The molecule has 0 radical (unpaired) electrons. The average Bonchev–Trinajstić information content (AvgIpc) is 2.42. The summed E-state index contributed by atoms with van der Waals surface area (Å²) in [7, 11) is 2.21. The molecule has 3 nitrogen and oxygen atoms in total. The molecule has 100 valence electrons. The Balaban J connectivity index is 1.73. The van der Waals surface area contributed by atoms with Crippen molar-refractivity contribution in [2.75, 3.05) is 20.2 Å². The predicted molar refractivity (Wildman–Crippen MR) is 72.7 cm³/mol. The molecule has 1 heterocycles. The molecule has 1 aliphatic rings. The van der Waals surface area contributed by atoms with Crippen LogP contribution in [-0.2, 0) is 6.61 Å². The number of rotatable bonds is 5. The fourth-order valence-electron chi connectivity index (χ4n) is 2.51. The van der Waals surface area contributed by atoms with Crippen LogP contribution in [0.15, 0.2) is 24.3 Å². The standard InChI is InChI=1S/C15H23NO2/c1-16-10-3-2-4-14(16)9-11-18-15-7-5-13(12-17)6-8-15/h5-8,14,17H,2-4,9-12H2,1H3. The Labute approximate surface area is 109 Å². The Morgan fingerprint density at radius 2 is 2.06 bits per heavy atom. The maximum absolute atomic E-state index is 8.96. The summed E-state index contributed by atoms with van der Waals surface area (Å²) in [5.41, 5.74) is 0.925. The highest BCUT2D eigenvalue weighted by Gasteiger charge is 2.18. The number of piperidine rings is 1. The molecule has 1 aliphatic heterocycles. The van der Waals surface area contributed by atoms with Gasteiger partial charge in [0.25, 0.3) is 0 Å². The first-order valence-corrected chi connectivity index (χ1v) is 6.82. The van der Waals surface area contributed by atoms with Crippen LogP contribution in [0.3, 0.4) is 0 Å². The zero-order chi connectivity index (χ0) is 12.8. The number of nitrogens with zero attached hydrogens (tertiary/aromatic N) is 1. The third kappa shape index (κ3) is 3.72. The van der Waals surface area contributed by atoms with E-state index in [0.29, 0.717) is 6.04 Å². The SMILES string of the molecule is CN1CCCCC1CCOc1ccc(CO)cc1. The molecule has 1 fully saturated rings. The molecular formula is C15H23NO2. The van der Waals surface area contributed by atoms with Gasteiger partial charge in [0.2, 0.25) is 0 Å². The topological polar surface area (TPSA) is 32.7 Å². The molecule has 0 spiro atoms. The van der Waals surface area contributed by atoms with Crippen LogP contribution >= 0.6 is 0 Å². The molecule has 1 aromatic rings. The summed E-state index contributed by atoms with van der Waals surface area (Å²) in [6.45, 7) is 2.08. The number of hydrogen-bond acceptors (Lipinski definition) is 3. The lowest BCUT2D eigenvalue weighted by Crippen LogP contribution is -2.37. The molecule has 0 aromatic heterocycles. The minimum absolute atomic E-state index is 0.0904. The van der Waals surface area contributed by atoms with Gasteiger partial charge in [-0.05, 0) is 50.6 Å². The van der Waals surface area contributed by atoms with E-state index in [1.807, 2.05) is 24.3 Å². The van der Waals surface area contributed by atoms with Crippen molar-refractivity contribution in [3.8, 4) is 5.75 Å². The summed E-state index contributed by atoms with van der Waals surface area (Å²) in [5.74, 6) is 0.894. The lowest BCUT2D eigenvalue weighted by molar-refractivity contribution is 0.153. The fourth-order valence-corrected chi connectivity index (χ4v) is 2.51. The van der Waals surface area contributed by atoms with Crippen molar-refractivity contribution in [1.82, 2.24) is 4.90 Å². The highest BCUT2D eigenvalue weighted by atomic mass is 16.5. The maximum atomic E-state index is 8.96. The van der Waals surface area contributed by atoms with E-state index in [1.165, 1.54) is 25.8 Å². The summed E-state index contributed by atoms with van der Waals surface area (Å²) < 4.78 is 5.75. The molecule has 3 heteroatoms. The average molecular weight is 249 g/mol. The third-order valence-corrected chi connectivity index (χ3v) is 3.75. The van der Waals surface area contributed by atoms with Crippen LogP contribution in [0.4, 0.5) is 0 Å². The van der Waals surface area contributed by atoms with Crippen molar-refractivity contribution in [1.29, 1.82) is 0 Å².